The number of carbonyl (C=O) groups is 1. The van der Waals surface area contributed by atoms with E-state index in [9.17, 15) is 18.0 Å². The van der Waals surface area contributed by atoms with Crippen molar-refractivity contribution >= 4 is 11.7 Å². The second-order valence-corrected chi connectivity index (χ2v) is 7.56. The van der Waals surface area contributed by atoms with Crippen LogP contribution in [-0.2, 0) is 6.61 Å². The van der Waals surface area contributed by atoms with Gasteiger partial charge in [-0.1, -0.05) is 17.3 Å². The zero-order chi connectivity index (χ0) is 22.3. The van der Waals surface area contributed by atoms with Gasteiger partial charge >= 0.3 is 6.18 Å². The quantitative estimate of drug-likeness (QED) is 0.603. The van der Waals surface area contributed by atoms with Crippen LogP contribution in [0.5, 0.6) is 5.75 Å². The first kappa shape index (κ1) is 21.0. The number of ether oxygens (including phenoxy) is 1. The Labute approximate surface area is 176 Å². The maximum Gasteiger partial charge on any atom is 0.410 e. The molecule has 1 aliphatic rings. The lowest BCUT2D eigenvalue weighted by atomic mass is 10.1. The van der Waals surface area contributed by atoms with Crippen molar-refractivity contribution in [1.82, 2.24) is 14.9 Å². The smallest absolute Gasteiger partial charge is 0.410 e. The van der Waals surface area contributed by atoms with E-state index < -0.39 is 18.1 Å². The number of nitrogens with zero attached hydrogens (tertiary/aromatic N) is 4. The summed E-state index contributed by atoms with van der Waals surface area (Å²) in [4.78, 5) is 14.5. The molecule has 31 heavy (non-hydrogen) atoms. The van der Waals surface area contributed by atoms with Crippen LogP contribution in [0, 0.1) is 20.8 Å². The van der Waals surface area contributed by atoms with Gasteiger partial charge in [0.1, 0.15) is 23.9 Å². The highest BCUT2D eigenvalue weighted by atomic mass is 19.4. The van der Waals surface area contributed by atoms with Gasteiger partial charge in [-0.2, -0.15) is 18.3 Å². The molecule has 1 atom stereocenters. The lowest BCUT2D eigenvalue weighted by molar-refractivity contribution is -0.172. The summed E-state index contributed by atoms with van der Waals surface area (Å²) in [6.07, 6.45) is -4.75. The van der Waals surface area contributed by atoms with Crippen LogP contribution in [0.3, 0.4) is 0 Å². The van der Waals surface area contributed by atoms with Crippen molar-refractivity contribution in [2.45, 2.75) is 46.0 Å². The van der Waals surface area contributed by atoms with Gasteiger partial charge in [0.05, 0.1) is 11.3 Å². The number of carbonyl (C=O) groups excluding carboxylic acids is 1. The summed E-state index contributed by atoms with van der Waals surface area (Å²) in [5.74, 6) is 0.563. The predicted molar refractivity (Wildman–Crippen MR) is 105 cm³/mol. The van der Waals surface area contributed by atoms with Crippen LogP contribution in [0.25, 0.3) is 0 Å². The third-order valence-corrected chi connectivity index (χ3v) is 5.22. The van der Waals surface area contributed by atoms with Crippen LogP contribution >= 0.6 is 0 Å². The molecule has 0 fully saturated rings. The fourth-order valence-corrected chi connectivity index (χ4v) is 3.65. The lowest BCUT2D eigenvalue weighted by Gasteiger charge is -2.33. The monoisotopic (exact) mass is 434 g/mol. The number of aryl methyl sites for hydroxylation is 3. The van der Waals surface area contributed by atoms with E-state index in [0.29, 0.717) is 22.8 Å². The van der Waals surface area contributed by atoms with E-state index in [-0.39, 0.29) is 31.1 Å². The molecule has 7 nitrogen and oxygen atoms in total. The molecule has 1 amide bonds. The van der Waals surface area contributed by atoms with E-state index in [2.05, 4.69) is 10.3 Å². The molecule has 0 bridgehead atoms. The minimum atomic E-state index is -4.46. The molecule has 0 spiro atoms. The van der Waals surface area contributed by atoms with Crippen molar-refractivity contribution in [3.8, 4) is 5.75 Å². The Balaban J connectivity index is 1.61. The first-order chi connectivity index (χ1) is 14.6. The van der Waals surface area contributed by atoms with Gasteiger partial charge in [0.15, 0.2) is 11.7 Å². The zero-order valence-electron chi connectivity index (χ0n) is 17.2. The van der Waals surface area contributed by atoms with E-state index >= 15 is 0 Å². The van der Waals surface area contributed by atoms with Crippen molar-refractivity contribution in [3.63, 3.8) is 0 Å². The van der Waals surface area contributed by atoms with Crippen LogP contribution in [-0.4, -0.2) is 33.6 Å². The molecule has 2 aromatic heterocycles. The van der Waals surface area contributed by atoms with Gasteiger partial charge < -0.3 is 9.26 Å². The molecule has 3 heterocycles. The molecule has 1 aromatic carbocycles. The molecule has 4 rings (SSSR count). The van der Waals surface area contributed by atoms with Gasteiger partial charge in [0.2, 0.25) is 0 Å². The standard InChI is InChI=1S/C21H21F3N4O3/c1-12-5-4-6-15(9-12)30-11-16-14(3)31-26-19(16)20(29)27-8-7-17(21(22,23)24)28-18(27)10-13(2)25-28/h4-6,9-10,17H,7-8,11H2,1-3H3. The number of hydrogen-bond acceptors (Lipinski definition) is 5. The highest BCUT2D eigenvalue weighted by Crippen LogP contribution is 2.40. The van der Waals surface area contributed by atoms with Crippen molar-refractivity contribution in [1.29, 1.82) is 0 Å². The third-order valence-electron chi connectivity index (χ3n) is 5.22. The van der Waals surface area contributed by atoms with Crippen LogP contribution in [0.2, 0.25) is 0 Å². The molecule has 0 saturated heterocycles. The van der Waals surface area contributed by atoms with Gasteiger partial charge in [-0.05, 0) is 44.9 Å². The van der Waals surface area contributed by atoms with Crippen molar-refractivity contribution in [3.05, 3.63) is 58.6 Å². The van der Waals surface area contributed by atoms with Crippen molar-refractivity contribution < 1.29 is 27.2 Å². The number of amides is 1. The Morgan fingerprint density at radius 2 is 2.03 bits per heavy atom. The fraction of sp³-hybridized carbons (Fsp3) is 0.381. The number of fused-ring (bicyclic) bond motifs is 1. The van der Waals surface area contributed by atoms with E-state index in [0.717, 1.165) is 10.2 Å². The first-order valence-corrected chi connectivity index (χ1v) is 9.74. The van der Waals surface area contributed by atoms with Gasteiger partial charge in [-0.3, -0.25) is 9.69 Å². The highest BCUT2D eigenvalue weighted by molar-refractivity contribution is 6.05. The topological polar surface area (TPSA) is 73.4 Å². The molecule has 0 N–H and O–H groups in total. The highest BCUT2D eigenvalue weighted by Gasteiger charge is 2.46. The predicted octanol–water partition coefficient (Wildman–Crippen LogP) is 4.53. The molecule has 1 aliphatic heterocycles. The average Bonchev–Trinajstić information content (AvgIpc) is 3.26. The van der Waals surface area contributed by atoms with Gasteiger partial charge in [-0.15, -0.1) is 0 Å². The van der Waals surface area contributed by atoms with E-state index in [1.165, 1.54) is 11.0 Å². The van der Waals surface area contributed by atoms with Gasteiger partial charge in [-0.25, -0.2) is 4.68 Å². The number of benzene rings is 1. The Morgan fingerprint density at radius 1 is 1.26 bits per heavy atom. The molecular formula is C21H21F3N4O3. The number of alkyl halides is 3. The molecule has 3 aromatic rings. The van der Waals surface area contributed by atoms with Crippen LogP contribution in [0.4, 0.5) is 19.0 Å². The molecule has 1 unspecified atom stereocenters. The fourth-order valence-electron chi connectivity index (χ4n) is 3.65. The van der Waals surface area contributed by atoms with Crippen molar-refractivity contribution in [2.75, 3.05) is 11.4 Å². The summed E-state index contributed by atoms with van der Waals surface area (Å²) in [5, 5.41) is 7.84. The molecule has 0 radical (unpaired) electrons. The summed E-state index contributed by atoms with van der Waals surface area (Å²) < 4.78 is 52.2. The summed E-state index contributed by atoms with van der Waals surface area (Å²) in [7, 11) is 0. The molecule has 0 saturated carbocycles. The molecule has 10 heteroatoms. The summed E-state index contributed by atoms with van der Waals surface area (Å²) >= 11 is 0. The maximum absolute atomic E-state index is 13.4. The average molecular weight is 434 g/mol. The van der Waals surface area contributed by atoms with Crippen molar-refractivity contribution in [2.24, 2.45) is 0 Å². The zero-order valence-corrected chi connectivity index (χ0v) is 17.2. The van der Waals surface area contributed by atoms with Crippen LogP contribution in [0.15, 0.2) is 34.9 Å². The SMILES string of the molecule is Cc1cccc(OCc2c(C(=O)N3CCC(C(F)(F)F)n4nc(C)cc43)noc2C)c1. The Bertz CT molecular complexity index is 1120. The number of halogens is 3. The molecule has 0 aliphatic carbocycles. The van der Waals surface area contributed by atoms with Crippen LogP contribution in [0.1, 0.15) is 45.5 Å². The molecule has 164 valence electrons. The Morgan fingerprint density at radius 3 is 2.74 bits per heavy atom. The normalized spacial score (nSPS) is 16.3. The van der Waals surface area contributed by atoms with Gasteiger partial charge in [0.25, 0.3) is 5.91 Å². The summed E-state index contributed by atoms with van der Waals surface area (Å²) in [6, 6.07) is 7.12. The van der Waals surface area contributed by atoms with E-state index in [4.69, 9.17) is 9.26 Å². The third kappa shape index (κ3) is 4.01. The first-order valence-electron chi connectivity index (χ1n) is 9.74. The second-order valence-electron chi connectivity index (χ2n) is 7.56. The summed E-state index contributed by atoms with van der Waals surface area (Å²) in [5.41, 5.74) is 1.88. The summed E-state index contributed by atoms with van der Waals surface area (Å²) in [6.45, 7) is 5.10. The van der Waals surface area contributed by atoms with Gasteiger partial charge in [0, 0.05) is 12.6 Å². The van der Waals surface area contributed by atoms with E-state index in [1.54, 1.807) is 19.9 Å². The Hall–Kier alpha value is -3.30. The van der Waals surface area contributed by atoms with Crippen LogP contribution < -0.4 is 9.64 Å². The number of anilines is 1. The lowest BCUT2D eigenvalue weighted by Crippen LogP contribution is -2.43. The second kappa shape index (κ2) is 7.75. The minimum absolute atomic E-state index is 0.0148. The Kier molecular flexibility index (Phi) is 5.24. The molecular weight excluding hydrogens is 413 g/mol. The minimum Gasteiger partial charge on any atom is -0.489 e. The number of hydrogen-bond donors (Lipinski definition) is 0. The largest absolute Gasteiger partial charge is 0.489 e. The maximum atomic E-state index is 13.4. The number of aromatic nitrogens is 3. The van der Waals surface area contributed by atoms with E-state index in [1.807, 2.05) is 25.1 Å². The number of rotatable bonds is 4.